The molecule has 0 saturated heterocycles. The van der Waals surface area contributed by atoms with Gasteiger partial charge in [-0.05, 0) is 29.9 Å². The number of benzene rings is 3. The Bertz CT molecular complexity index is 1730. The van der Waals surface area contributed by atoms with Crippen molar-refractivity contribution in [1.29, 1.82) is 0 Å². The number of aromatic nitrogens is 2. The summed E-state index contributed by atoms with van der Waals surface area (Å²) in [5.74, 6) is 0. The predicted molar refractivity (Wildman–Crippen MR) is 152 cm³/mol. The summed E-state index contributed by atoms with van der Waals surface area (Å²) in [5, 5.41) is 3.56. The minimum atomic E-state index is -2.09. The minimum absolute atomic E-state index is 0. The second-order valence-electron chi connectivity index (χ2n) is 9.56. The molecule has 3 heterocycles. The van der Waals surface area contributed by atoms with Crippen molar-refractivity contribution in [1.82, 2.24) is 9.97 Å². The fraction of sp³-hybridized carbons (Fsp3) is 0.125. The van der Waals surface area contributed by atoms with Crippen LogP contribution in [0.4, 0.5) is 0 Å². The standard InChI is InChI=1S/C20H18NOSi.C12H10N.Ir/c1-23(2,3)19-11-7-5-9-16(19)17-13-12-15-14-8-4-6-10-18(14)22-20(15)21-17;1-10-7-8-12(13-9-10)11-5-3-2-4-6-11;/h4-8,10-13H,1-3H3;2-5,7-9H,1H3;/q2*-1;/i;1D3;. The summed E-state index contributed by atoms with van der Waals surface area (Å²) in [6, 6.07) is 35.7. The number of rotatable bonds is 3. The maximum absolute atomic E-state index is 7.23. The Hall–Kier alpha value is -3.37. The fourth-order valence-corrected chi connectivity index (χ4v) is 5.67. The third kappa shape index (κ3) is 5.96. The fourth-order valence-electron chi connectivity index (χ4n) is 4.12. The van der Waals surface area contributed by atoms with Gasteiger partial charge in [-0.1, -0.05) is 62.1 Å². The number of hydrogen-bond donors (Lipinski definition) is 0. The number of aryl methyl sites for hydroxylation is 1. The van der Waals surface area contributed by atoms with Crippen molar-refractivity contribution in [3.05, 3.63) is 115 Å². The van der Waals surface area contributed by atoms with Crippen LogP contribution < -0.4 is 5.19 Å². The van der Waals surface area contributed by atoms with E-state index in [1.807, 2.05) is 42.5 Å². The van der Waals surface area contributed by atoms with Crippen LogP contribution in [0.2, 0.25) is 19.6 Å². The van der Waals surface area contributed by atoms with E-state index in [2.05, 4.69) is 67.1 Å². The number of furan rings is 1. The van der Waals surface area contributed by atoms with Crippen LogP contribution in [0.25, 0.3) is 44.6 Å². The average Bonchev–Trinajstić information content (AvgIpc) is 3.31. The number of para-hydroxylation sites is 1. The van der Waals surface area contributed by atoms with Crippen molar-refractivity contribution in [3.8, 4) is 22.5 Å². The first-order chi connectivity index (χ1) is 18.6. The molecule has 0 unspecified atom stereocenters. The molecule has 0 aliphatic heterocycles. The normalized spacial score (nSPS) is 12.6. The van der Waals surface area contributed by atoms with E-state index in [1.54, 1.807) is 18.2 Å². The van der Waals surface area contributed by atoms with E-state index in [4.69, 9.17) is 13.5 Å². The molecule has 0 bridgehead atoms. The average molecular weight is 680 g/mol. The van der Waals surface area contributed by atoms with Gasteiger partial charge in [0.25, 0.3) is 0 Å². The van der Waals surface area contributed by atoms with Gasteiger partial charge in [-0.15, -0.1) is 70.9 Å². The van der Waals surface area contributed by atoms with Crippen LogP contribution >= 0.6 is 0 Å². The van der Waals surface area contributed by atoms with E-state index in [-0.39, 0.29) is 25.7 Å². The molecule has 0 aliphatic carbocycles. The molecule has 0 fully saturated rings. The van der Waals surface area contributed by atoms with Gasteiger partial charge in [-0.2, -0.15) is 0 Å². The zero-order chi connectivity index (χ0) is 27.6. The van der Waals surface area contributed by atoms with Crippen molar-refractivity contribution in [2.75, 3.05) is 0 Å². The maximum Gasteiger partial charge on any atom is 0.218 e. The van der Waals surface area contributed by atoms with Crippen LogP contribution in [0.5, 0.6) is 0 Å². The summed E-state index contributed by atoms with van der Waals surface area (Å²) in [5.41, 5.74) is 5.47. The molecule has 0 spiro atoms. The van der Waals surface area contributed by atoms with E-state index < -0.39 is 14.9 Å². The van der Waals surface area contributed by atoms with Gasteiger partial charge in [-0.3, -0.25) is 4.98 Å². The Morgan fingerprint density at radius 2 is 1.57 bits per heavy atom. The number of fused-ring (bicyclic) bond motifs is 3. The minimum Gasteiger partial charge on any atom is -0.439 e. The van der Waals surface area contributed by atoms with E-state index in [9.17, 15) is 0 Å². The van der Waals surface area contributed by atoms with Crippen LogP contribution in [-0.2, 0) is 20.1 Å². The second kappa shape index (κ2) is 11.3. The Labute approximate surface area is 237 Å². The zero-order valence-corrected chi connectivity index (χ0v) is 24.3. The molecule has 3 nitrogen and oxygen atoms in total. The van der Waals surface area contributed by atoms with Crippen molar-refractivity contribution in [2.45, 2.75) is 26.5 Å². The molecule has 0 N–H and O–H groups in total. The van der Waals surface area contributed by atoms with E-state index >= 15 is 0 Å². The number of nitrogens with zero attached hydrogens (tertiary/aromatic N) is 2. The van der Waals surface area contributed by atoms with Crippen molar-refractivity contribution in [3.63, 3.8) is 0 Å². The quantitative estimate of drug-likeness (QED) is 0.141. The van der Waals surface area contributed by atoms with E-state index in [1.165, 1.54) is 11.4 Å². The van der Waals surface area contributed by atoms with Gasteiger partial charge < -0.3 is 9.40 Å². The molecule has 187 valence electrons. The Morgan fingerprint density at radius 1 is 0.784 bits per heavy atom. The maximum atomic E-state index is 7.23. The SMILES string of the molecule is C[Si](C)(C)c1ccc[c-]c1-c1ccc2c(n1)oc1ccccc12.[2H]C([2H])([2H])c1ccc(-c2[c-]cccc2)nc1.[Ir]. The van der Waals surface area contributed by atoms with Crippen molar-refractivity contribution >= 4 is 35.3 Å². The molecule has 1 radical (unpaired) electrons. The summed E-state index contributed by atoms with van der Waals surface area (Å²) in [7, 11) is -1.46. The molecule has 3 aromatic carbocycles. The monoisotopic (exact) mass is 680 g/mol. The molecular formula is C32H28IrN2OSi-2. The van der Waals surface area contributed by atoms with Gasteiger partial charge in [0.1, 0.15) is 5.58 Å². The van der Waals surface area contributed by atoms with Gasteiger partial charge >= 0.3 is 0 Å². The first kappa shape index (κ1) is 22.8. The smallest absolute Gasteiger partial charge is 0.218 e. The van der Waals surface area contributed by atoms with E-state index in [0.717, 1.165) is 38.9 Å². The first-order valence-electron chi connectivity index (χ1n) is 13.3. The Balaban J connectivity index is 0.000000192. The molecule has 5 heteroatoms. The van der Waals surface area contributed by atoms with E-state index in [0.29, 0.717) is 5.71 Å². The summed E-state index contributed by atoms with van der Waals surface area (Å²) < 4.78 is 27.6. The summed E-state index contributed by atoms with van der Waals surface area (Å²) in [6.07, 6.45) is 1.39. The van der Waals surface area contributed by atoms with Crippen molar-refractivity contribution < 1.29 is 28.6 Å². The molecular weight excluding hydrogens is 649 g/mol. The van der Waals surface area contributed by atoms with Gasteiger partial charge in [0.2, 0.25) is 5.71 Å². The first-order valence-corrected chi connectivity index (χ1v) is 15.3. The molecule has 6 aromatic rings. The third-order valence-electron chi connectivity index (χ3n) is 5.91. The van der Waals surface area contributed by atoms with Gasteiger partial charge in [0.15, 0.2) is 0 Å². The van der Waals surface area contributed by atoms with Crippen LogP contribution in [0.1, 0.15) is 9.68 Å². The van der Waals surface area contributed by atoms with Gasteiger partial charge in [-0.25, -0.2) is 0 Å². The summed E-state index contributed by atoms with van der Waals surface area (Å²) in [4.78, 5) is 8.91. The third-order valence-corrected chi connectivity index (χ3v) is 7.95. The van der Waals surface area contributed by atoms with Gasteiger partial charge in [0, 0.05) is 49.3 Å². The topological polar surface area (TPSA) is 38.9 Å². The molecule has 3 aromatic heterocycles. The van der Waals surface area contributed by atoms with Crippen LogP contribution in [0.15, 0.2) is 102 Å². The molecule has 0 aliphatic rings. The van der Waals surface area contributed by atoms with Crippen molar-refractivity contribution in [2.24, 2.45) is 0 Å². The van der Waals surface area contributed by atoms with Crippen LogP contribution in [0, 0.1) is 19.0 Å². The van der Waals surface area contributed by atoms with Gasteiger partial charge in [0.05, 0.1) is 0 Å². The van der Waals surface area contributed by atoms with Crippen LogP contribution in [-0.4, -0.2) is 18.0 Å². The number of pyridine rings is 2. The van der Waals surface area contributed by atoms with Crippen LogP contribution in [0.3, 0.4) is 0 Å². The number of hydrogen-bond acceptors (Lipinski definition) is 3. The molecule has 37 heavy (non-hydrogen) atoms. The zero-order valence-electron chi connectivity index (χ0n) is 23.9. The Morgan fingerprint density at radius 3 is 2.30 bits per heavy atom. The molecule has 0 amide bonds. The summed E-state index contributed by atoms with van der Waals surface area (Å²) >= 11 is 0. The molecule has 0 atom stereocenters. The largest absolute Gasteiger partial charge is 0.439 e. The molecule has 0 saturated carbocycles. The summed E-state index contributed by atoms with van der Waals surface area (Å²) in [6.45, 7) is 4.95. The second-order valence-corrected chi connectivity index (χ2v) is 14.6. The molecule has 6 rings (SSSR count). The predicted octanol–water partition coefficient (Wildman–Crippen LogP) is 7.85. The Kier molecular flexibility index (Phi) is 6.99.